The summed E-state index contributed by atoms with van der Waals surface area (Å²) < 4.78 is 5.12. The summed E-state index contributed by atoms with van der Waals surface area (Å²) in [6, 6.07) is 10.8. The number of halogens is 2. The number of hydrogen-bond acceptors (Lipinski definition) is 3. The van der Waals surface area contributed by atoms with Crippen LogP contribution in [0.4, 0.5) is 11.4 Å². The van der Waals surface area contributed by atoms with Crippen LogP contribution >= 0.6 is 23.2 Å². The first-order valence-corrected chi connectivity index (χ1v) is 7.38. The lowest BCUT2D eigenvalue weighted by Crippen LogP contribution is -2.06. The zero-order valence-corrected chi connectivity index (χ0v) is 13.8. The lowest BCUT2D eigenvalue weighted by Gasteiger charge is -2.12. The molecule has 0 aliphatic heterocycles. The summed E-state index contributed by atoms with van der Waals surface area (Å²) in [5.74, 6) is 0.506. The normalized spacial score (nSPS) is 10.2. The van der Waals surface area contributed by atoms with E-state index in [2.05, 4.69) is 10.6 Å². The number of benzene rings is 2. The van der Waals surface area contributed by atoms with E-state index in [0.717, 1.165) is 11.3 Å². The van der Waals surface area contributed by atoms with E-state index in [-0.39, 0.29) is 5.91 Å². The zero-order valence-electron chi connectivity index (χ0n) is 12.2. The smallest absolute Gasteiger partial charge is 0.221 e. The molecule has 1 amide bonds. The van der Waals surface area contributed by atoms with Gasteiger partial charge in [0.15, 0.2) is 0 Å². The van der Waals surface area contributed by atoms with E-state index in [1.54, 1.807) is 25.3 Å². The van der Waals surface area contributed by atoms with Crippen molar-refractivity contribution in [3.8, 4) is 5.75 Å². The van der Waals surface area contributed by atoms with Crippen LogP contribution in [0.1, 0.15) is 12.5 Å². The van der Waals surface area contributed by atoms with Crippen LogP contribution in [0.25, 0.3) is 0 Å². The molecule has 0 fully saturated rings. The lowest BCUT2D eigenvalue weighted by atomic mass is 10.2. The SMILES string of the molecule is COc1ccc(CNc2cc(NC(C)=O)ccc2Cl)cc1Cl. The molecular formula is C16H16Cl2N2O2. The zero-order chi connectivity index (χ0) is 16.1. The third-order valence-electron chi connectivity index (χ3n) is 2.99. The first-order valence-electron chi connectivity index (χ1n) is 6.63. The van der Waals surface area contributed by atoms with Gasteiger partial charge < -0.3 is 15.4 Å². The predicted octanol–water partition coefficient (Wildman–Crippen LogP) is 4.57. The van der Waals surface area contributed by atoms with Gasteiger partial charge in [-0.25, -0.2) is 0 Å². The largest absolute Gasteiger partial charge is 0.495 e. The van der Waals surface area contributed by atoms with Gasteiger partial charge in [0.25, 0.3) is 0 Å². The summed E-state index contributed by atoms with van der Waals surface area (Å²) in [5.41, 5.74) is 2.42. The van der Waals surface area contributed by atoms with Gasteiger partial charge in [0.05, 0.1) is 22.8 Å². The van der Waals surface area contributed by atoms with Gasteiger partial charge in [-0.15, -0.1) is 0 Å². The summed E-state index contributed by atoms with van der Waals surface area (Å²) >= 11 is 12.3. The Labute approximate surface area is 139 Å². The molecule has 0 spiro atoms. The van der Waals surface area contributed by atoms with E-state index in [1.165, 1.54) is 6.92 Å². The molecule has 4 nitrogen and oxygen atoms in total. The van der Waals surface area contributed by atoms with E-state index < -0.39 is 0 Å². The van der Waals surface area contributed by atoms with Crippen molar-refractivity contribution in [3.05, 3.63) is 52.0 Å². The van der Waals surface area contributed by atoms with Crippen LogP contribution in [0.15, 0.2) is 36.4 Å². The minimum atomic E-state index is -0.129. The average Bonchev–Trinajstić information content (AvgIpc) is 2.47. The van der Waals surface area contributed by atoms with Crippen molar-refractivity contribution in [2.24, 2.45) is 0 Å². The van der Waals surface area contributed by atoms with Crippen LogP contribution in [0, 0.1) is 0 Å². The average molecular weight is 339 g/mol. The second kappa shape index (κ2) is 7.38. The van der Waals surface area contributed by atoms with Gasteiger partial charge in [0.2, 0.25) is 5.91 Å². The monoisotopic (exact) mass is 338 g/mol. The van der Waals surface area contributed by atoms with Gasteiger partial charge in [-0.05, 0) is 35.9 Å². The summed E-state index contributed by atoms with van der Waals surface area (Å²) in [7, 11) is 1.58. The highest BCUT2D eigenvalue weighted by Gasteiger charge is 2.05. The van der Waals surface area contributed by atoms with Gasteiger partial charge in [-0.3, -0.25) is 4.79 Å². The lowest BCUT2D eigenvalue weighted by molar-refractivity contribution is -0.114. The molecule has 0 aromatic heterocycles. The number of hydrogen-bond donors (Lipinski definition) is 2. The van der Waals surface area contributed by atoms with Crippen molar-refractivity contribution in [2.45, 2.75) is 13.5 Å². The number of anilines is 2. The Hall–Kier alpha value is -1.91. The number of carbonyl (C=O) groups excluding carboxylic acids is 1. The predicted molar refractivity (Wildman–Crippen MR) is 91.1 cm³/mol. The number of nitrogens with one attached hydrogen (secondary N) is 2. The van der Waals surface area contributed by atoms with Gasteiger partial charge in [-0.1, -0.05) is 29.3 Å². The Bertz CT molecular complexity index is 690. The summed E-state index contributed by atoms with van der Waals surface area (Å²) in [5, 5.41) is 7.08. The number of carbonyl (C=O) groups is 1. The van der Waals surface area contributed by atoms with Crippen LogP contribution in [0.2, 0.25) is 10.0 Å². The Kier molecular flexibility index (Phi) is 5.52. The van der Waals surface area contributed by atoms with Gasteiger partial charge in [-0.2, -0.15) is 0 Å². The van der Waals surface area contributed by atoms with E-state index in [1.807, 2.05) is 18.2 Å². The Morgan fingerprint density at radius 1 is 1.14 bits per heavy atom. The van der Waals surface area contributed by atoms with Crippen LogP contribution in [-0.4, -0.2) is 13.0 Å². The highest BCUT2D eigenvalue weighted by atomic mass is 35.5. The molecule has 0 atom stereocenters. The van der Waals surface area contributed by atoms with E-state index >= 15 is 0 Å². The van der Waals surface area contributed by atoms with Crippen LogP contribution < -0.4 is 15.4 Å². The molecule has 6 heteroatoms. The Morgan fingerprint density at radius 3 is 2.55 bits per heavy atom. The number of methoxy groups -OCH3 is 1. The second-order valence-electron chi connectivity index (χ2n) is 4.70. The second-order valence-corrected chi connectivity index (χ2v) is 5.51. The van der Waals surface area contributed by atoms with E-state index in [9.17, 15) is 4.79 Å². The standard InChI is InChI=1S/C16H16Cl2N2O2/c1-10(21)20-12-4-5-13(17)15(8-12)19-9-11-3-6-16(22-2)14(18)7-11/h3-8,19H,9H2,1-2H3,(H,20,21). The summed E-state index contributed by atoms with van der Waals surface area (Å²) in [6.45, 7) is 2.01. The maximum Gasteiger partial charge on any atom is 0.221 e. The van der Waals surface area contributed by atoms with Gasteiger partial charge in [0, 0.05) is 19.2 Å². The first-order chi connectivity index (χ1) is 10.5. The number of ether oxygens (including phenoxy) is 1. The molecule has 0 unspecified atom stereocenters. The molecule has 0 aliphatic carbocycles. The summed E-state index contributed by atoms with van der Waals surface area (Å²) in [4.78, 5) is 11.1. The fourth-order valence-electron chi connectivity index (χ4n) is 1.96. The van der Waals surface area contributed by atoms with Crippen LogP contribution in [0.5, 0.6) is 5.75 Å². The Morgan fingerprint density at radius 2 is 1.91 bits per heavy atom. The van der Waals surface area contributed by atoms with Gasteiger partial charge in [0.1, 0.15) is 5.75 Å². The minimum Gasteiger partial charge on any atom is -0.495 e. The fourth-order valence-corrected chi connectivity index (χ4v) is 2.42. The highest BCUT2D eigenvalue weighted by Crippen LogP contribution is 2.28. The van der Waals surface area contributed by atoms with Crippen molar-refractivity contribution in [2.75, 3.05) is 17.7 Å². The van der Waals surface area contributed by atoms with Crippen LogP contribution in [-0.2, 0) is 11.3 Å². The number of amides is 1. The molecule has 2 aromatic rings. The van der Waals surface area contributed by atoms with Gasteiger partial charge >= 0.3 is 0 Å². The molecule has 0 bridgehead atoms. The van der Waals surface area contributed by atoms with Crippen molar-refractivity contribution in [1.82, 2.24) is 0 Å². The minimum absolute atomic E-state index is 0.129. The number of rotatable bonds is 5. The van der Waals surface area contributed by atoms with E-state index in [0.29, 0.717) is 28.0 Å². The quantitative estimate of drug-likeness (QED) is 0.839. The highest BCUT2D eigenvalue weighted by molar-refractivity contribution is 6.33. The molecule has 2 rings (SSSR count). The molecular weight excluding hydrogens is 323 g/mol. The first kappa shape index (κ1) is 16.5. The maximum atomic E-state index is 11.1. The van der Waals surface area contributed by atoms with Crippen LogP contribution in [0.3, 0.4) is 0 Å². The molecule has 0 aliphatic rings. The maximum absolute atomic E-state index is 11.1. The van der Waals surface area contributed by atoms with E-state index in [4.69, 9.17) is 27.9 Å². The fraction of sp³-hybridized carbons (Fsp3) is 0.188. The molecule has 22 heavy (non-hydrogen) atoms. The van der Waals surface area contributed by atoms with Crippen molar-refractivity contribution >= 4 is 40.5 Å². The van der Waals surface area contributed by atoms with Crippen molar-refractivity contribution in [1.29, 1.82) is 0 Å². The third kappa shape index (κ3) is 4.29. The molecule has 116 valence electrons. The topological polar surface area (TPSA) is 50.4 Å². The van der Waals surface area contributed by atoms with Crippen molar-refractivity contribution in [3.63, 3.8) is 0 Å². The third-order valence-corrected chi connectivity index (χ3v) is 3.61. The summed E-state index contributed by atoms with van der Waals surface area (Å²) in [6.07, 6.45) is 0. The molecule has 0 radical (unpaired) electrons. The molecule has 2 aromatic carbocycles. The molecule has 0 saturated carbocycles. The molecule has 0 heterocycles. The van der Waals surface area contributed by atoms with Crippen molar-refractivity contribution < 1.29 is 9.53 Å². The Balaban J connectivity index is 2.10. The molecule has 2 N–H and O–H groups in total. The molecule has 0 saturated heterocycles.